The number of methoxy groups -OCH3 is 1. The monoisotopic (exact) mass is 496 g/mol. The molecule has 0 spiro atoms. The van der Waals surface area contributed by atoms with Crippen molar-refractivity contribution in [1.82, 2.24) is 0 Å². The molecule has 0 aliphatic heterocycles. The highest BCUT2D eigenvalue weighted by atomic mass is 35.5. The maximum Gasteiger partial charge on any atom is 0.259 e. The summed E-state index contributed by atoms with van der Waals surface area (Å²) < 4.78 is 5.20. The lowest BCUT2D eigenvalue weighted by atomic mass is 9.72. The summed E-state index contributed by atoms with van der Waals surface area (Å²) in [5.74, 6) is 0.846. The molecule has 0 saturated heterocycles. The van der Waals surface area contributed by atoms with Crippen molar-refractivity contribution in [2.45, 2.75) is 40.0 Å². The topological polar surface area (TPSA) is 70.9 Å². The van der Waals surface area contributed by atoms with Gasteiger partial charge in [-0.25, -0.2) is 4.99 Å². The van der Waals surface area contributed by atoms with E-state index in [0.29, 0.717) is 32.9 Å². The van der Waals surface area contributed by atoms with Crippen molar-refractivity contribution in [2.75, 3.05) is 12.4 Å². The lowest BCUT2D eigenvalue weighted by Crippen LogP contribution is -2.27. The third-order valence-corrected chi connectivity index (χ3v) is 7.75. The van der Waals surface area contributed by atoms with Gasteiger partial charge in [-0.15, -0.1) is 11.3 Å². The van der Waals surface area contributed by atoms with Crippen LogP contribution < -0.4 is 10.1 Å². The van der Waals surface area contributed by atoms with Crippen molar-refractivity contribution in [2.24, 2.45) is 16.3 Å². The average Bonchev–Trinajstić information content (AvgIpc) is 3.17. The number of hydrogen-bond acceptors (Lipinski definition) is 5. The highest BCUT2D eigenvalue weighted by molar-refractivity contribution is 7.16. The minimum Gasteiger partial charge on any atom is -0.504 e. The number of thiophene rings is 1. The summed E-state index contributed by atoms with van der Waals surface area (Å²) >= 11 is 7.59. The molecule has 7 heteroatoms. The molecule has 0 bridgehead atoms. The number of aromatic hydroxyl groups is 1. The summed E-state index contributed by atoms with van der Waals surface area (Å²) in [5, 5.41) is 14.2. The van der Waals surface area contributed by atoms with Gasteiger partial charge in [-0.05, 0) is 84.2 Å². The third-order valence-electron chi connectivity index (χ3n) is 6.34. The van der Waals surface area contributed by atoms with Crippen LogP contribution in [-0.2, 0) is 12.8 Å². The van der Waals surface area contributed by atoms with Gasteiger partial charge in [-0.2, -0.15) is 0 Å². The molecule has 0 fully saturated rings. The van der Waals surface area contributed by atoms with Crippen molar-refractivity contribution in [1.29, 1.82) is 0 Å². The summed E-state index contributed by atoms with van der Waals surface area (Å²) in [4.78, 5) is 19.4. The standard InChI is InChI=1S/C27H29ClN2O3S/c1-27(2,3)17-6-11-20-23(14-17)34-26(29-15-16-5-12-21(31)22(13-16)33-4)24(20)25(32)30-19-9-7-18(28)8-10-19/h5,7-10,12-13,15,17,31H,6,11,14H2,1-4H3,(H,30,32)/t17-/m0/s1. The van der Waals surface area contributed by atoms with Crippen molar-refractivity contribution in [3.05, 3.63) is 69.1 Å². The summed E-state index contributed by atoms with van der Waals surface area (Å²) in [7, 11) is 1.51. The fourth-order valence-electron chi connectivity index (χ4n) is 4.27. The normalized spacial score (nSPS) is 15.9. The minimum atomic E-state index is -0.163. The molecule has 3 aromatic rings. The van der Waals surface area contributed by atoms with Crippen LogP contribution in [0.25, 0.3) is 0 Å². The van der Waals surface area contributed by atoms with Crippen LogP contribution in [0.2, 0.25) is 5.02 Å². The van der Waals surface area contributed by atoms with E-state index < -0.39 is 0 Å². The summed E-state index contributed by atoms with van der Waals surface area (Å²) in [5.41, 5.74) is 3.42. The van der Waals surface area contributed by atoms with Crippen LogP contribution in [0, 0.1) is 11.3 Å². The van der Waals surface area contributed by atoms with E-state index in [0.717, 1.165) is 30.4 Å². The number of ether oxygens (including phenoxy) is 1. The lowest BCUT2D eigenvalue weighted by Gasteiger charge is -2.33. The van der Waals surface area contributed by atoms with Gasteiger partial charge < -0.3 is 15.2 Å². The SMILES string of the molecule is COc1cc(C=Nc2sc3c(c2C(=O)Nc2ccc(Cl)cc2)CC[C@H](C(C)(C)C)C3)ccc1O. The molecule has 0 radical (unpaired) electrons. The zero-order valence-electron chi connectivity index (χ0n) is 19.8. The quantitative estimate of drug-likeness (QED) is 0.365. The Labute approximate surface area is 209 Å². The number of phenolic OH excluding ortho intramolecular Hbond substituents is 1. The number of hydrogen-bond donors (Lipinski definition) is 2. The van der Waals surface area contributed by atoms with Crippen LogP contribution in [0.4, 0.5) is 10.7 Å². The van der Waals surface area contributed by atoms with Gasteiger partial charge in [-0.3, -0.25) is 4.79 Å². The van der Waals surface area contributed by atoms with Crippen molar-refractivity contribution in [3.63, 3.8) is 0 Å². The maximum absolute atomic E-state index is 13.4. The van der Waals surface area contributed by atoms with E-state index in [-0.39, 0.29) is 17.1 Å². The van der Waals surface area contributed by atoms with Gasteiger partial charge in [0.25, 0.3) is 5.91 Å². The number of carbonyl (C=O) groups excluding carboxylic acids is 1. The number of anilines is 1. The van der Waals surface area contributed by atoms with Crippen LogP contribution in [0.15, 0.2) is 47.5 Å². The number of carbonyl (C=O) groups is 1. The first-order chi connectivity index (χ1) is 16.2. The molecular formula is C27H29ClN2O3S. The van der Waals surface area contributed by atoms with Crippen LogP contribution in [0.3, 0.4) is 0 Å². The number of nitrogens with zero attached hydrogens (tertiary/aromatic N) is 1. The number of fused-ring (bicyclic) bond motifs is 1. The predicted octanol–water partition coefficient (Wildman–Crippen LogP) is 7.27. The van der Waals surface area contributed by atoms with E-state index in [1.165, 1.54) is 12.0 Å². The third kappa shape index (κ3) is 5.29. The number of benzene rings is 2. The Morgan fingerprint density at radius 1 is 1.24 bits per heavy atom. The number of nitrogens with one attached hydrogen (secondary N) is 1. The summed E-state index contributed by atoms with van der Waals surface area (Å²) in [6.07, 6.45) is 4.57. The van der Waals surface area contributed by atoms with Crippen LogP contribution in [-0.4, -0.2) is 24.3 Å². The van der Waals surface area contributed by atoms with E-state index in [2.05, 4.69) is 26.1 Å². The molecule has 1 amide bonds. The first-order valence-electron chi connectivity index (χ1n) is 11.3. The lowest BCUT2D eigenvalue weighted by molar-refractivity contribution is 0.102. The Morgan fingerprint density at radius 2 is 1.97 bits per heavy atom. The average molecular weight is 497 g/mol. The highest BCUT2D eigenvalue weighted by Gasteiger charge is 2.33. The largest absolute Gasteiger partial charge is 0.504 e. The molecular weight excluding hydrogens is 468 g/mol. The Kier molecular flexibility index (Phi) is 7.01. The van der Waals surface area contributed by atoms with E-state index in [1.807, 2.05) is 0 Å². The molecule has 0 saturated carbocycles. The second kappa shape index (κ2) is 9.80. The highest BCUT2D eigenvalue weighted by Crippen LogP contribution is 2.45. The Bertz CT molecular complexity index is 1230. The predicted molar refractivity (Wildman–Crippen MR) is 141 cm³/mol. The van der Waals surface area contributed by atoms with E-state index >= 15 is 0 Å². The second-order valence-corrected chi connectivity index (χ2v) is 11.2. The van der Waals surface area contributed by atoms with Crippen LogP contribution in [0.5, 0.6) is 11.5 Å². The Balaban J connectivity index is 1.70. The first kappa shape index (κ1) is 24.3. The van der Waals surface area contributed by atoms with Crippen LogP contribution in [0.1, 0.15) is 53.6 Å². The minimum absolute atomic E-state index is 0.0718. The van der Waals surface area contributed by atoms with Gasteiger partial charge in [-0.1, -0.05) is 32.4 Å². The van der Waals surface area contributed by atoms with Gasteiger partial charge in [0.15, 0.2) is 11.5 Å². The number of halogens is 1. The molecule has 2 aromatic carbocycles. The molecule has 1 heterocycles. The zero-order valence-corrected chi connectivity index (χ0v) is 21.4. The first-order valence-corrected chi connectivity index (χ1v) is 12.5. The Morgan fingerprint density at radius 3 is 2.65 bits per heavy atom. The maximum atomic E-state index is 13.4. The van der Waals surface area contributed by atoms with Gasteiger partial charge >= 0.3 is 0 Å². The number of phenols is 1. The fourth-order valence-corrected chi connectivity index (χ4v) is 5.66. The zero-order chi connectivity index (χ0) is 24.5. The van der Waals surface area contributed by atoms with E-state index in [9.17, 15) is 9.90 Å². The van der Waals surface area contributed by atoms with Crippen molar-refractivity contribution >= 4 is 45.7 Å². The molecule has 1 aliphatic carbocycles. The smallest absolute Gasteiger partial charge is 0.259 e. The van der Waals surface area contributed by atoms with Gasteiger partial charge in [0.05, 0.1) is 12.7 Å². The fraction of sp³-hybridized carbons (Fsp3) is 0.333. The molecule has 2 N–H and O–H groups in total. The number of amides is 1. The number of rotatable bonds is 5. The Hall–Kier alpha value is -2.83. The number of aliphatic imine (C=N–C) groups is 1. The van der Waals surface area contributed by atoms with Crippen LogP contribution >= 0.6 is 22.9 Å². The van der Waals surface area contributed by atoms with Gasteiger partial charge in [0, 0.05) is 21.8 Å². The molecule has 1 aliphatic rings. The van der Waals surface area contributed by atoms with E-state index in [1.54, 1.807) is 60.0 Å². The molecule has 34 heavy (non-hydrogen) atoms. The molecule has 0 unspecified atom stereocenters. The molecule has 1 atom stereocenters. The summed E-state index contributed by atoms with van der Waals surface area (Å²) in [6.45, 7) is 6.84. The van der Waals surface area contributed by atoms with Crippen molar-refractivity contribution < 1.29 is 14.6 Å². The second-order valence-electron chi connectivity index (χ2n) is 9.64. The molecule has 5 nitrogen and oxygen atoms in total. The molecule has 178 valence electrons. The van der Waals surface area contributed by atoms with Gasteiger partial charge in [0.1, 0.15) is 5.00 Å². The molecule has 1 aromatic heterocycles. The molecule has 4 rings (SSSR count). The van der Waals surface area contributed by atoms with Gasteiger partial charge in [0.2, 0.25) is 0 Å². The van der Waals surface area contributed by atoms with E-state index in [4.69, 9.17) is 21.3 Å². The summed E-state index contributed by atoms with van der Waals surface area (Å²) in [6, 6.07) is 12.1. The van der Waals surface area contributed by atoms with Crippen molar-refractivity contribution in [3.8, 4) is 11.5 Å².